The summed E-state index contributed by atoms with van der Waals surface area (Å²) in [6, 6.07) is 11.5. The number of aromatic nitrogens is 2. The minimum Gasteiger partial charge on any atom is -0.384 e. The molecule has 0 fully saturated rings. The Morgan fingerprint density at radius 2 is 1.13 bits per heavy atom. The van der Waals surface area contributed by atoms with Crippen molar-refractivity contribution < 1.29 is 0 Å². The Hall–Kier alpha value is -2.84. The van der Waals surface area contributed by atoms with Crippen molar-refractivity contribution in [3.05, 3.63) is 57.5 Å². The van der Waals surface area contributed by atoms with E-state index in [0.717, 1.165) is 67.3 Å². The Morgan fingerprint density at radius 3 is 1.53 bits per heavy atom. The van der Waals surface area contributed by atoms with Gasteiger partial charge in [-0.2, -0.15) is 0 Å². The molecule has 0 aliphatic carbocycles. The van der Waals surface area contributed by atoms with Gasteiger partial charge in [0.2, 0.25) is 0 Å². The van der Waals surface area contributed by atoms with E-state index in [1.54, 1.807) is 22.7 Å². The van der Waals surface area contributed by atoms with Crippen molar-refractivity contribution in [2.24, 2.45) is 11.5 Å². The maximum absolute atomic E-state index is 7.56. The Kier molecular flexibility index (Phi) is 6.06. The summed E-state index contributed by atoms with van der Waals surface area (Å²) < 4.78 is 2.20. The molecule has 8 heteroatoms. The highest BCUT2D eigenvalue weighted by Gasteiger charge is 2.08. The van der Waals surface area contributed by atoms with E-state index in [1.165, 1.54) is 12.8 Å². The van der Waals surface area contributed by atoms with E-state index in [9.17, 15) is 0 Å². The molecule has 2 heterocycles. The Morgan fingerprint density at radius 1 is 0.700 bits per heavy atom. The summed E-state index contributed by atoms with van der Waals surface area (Å²) in [4.78, 5) is 9.39. The standard InChI is InChI=1S/C22H24N6S2/c23-21(24)13-7-9-15-17(11-13)29-19(27-15)5-3-1-2-4-6-20-28-16-10-8-14(22(25)26)12-18(16)30-20/h7-12H,1-6H2,(H3,23,24)(H3,25,26). The first-order valence-corrected chi connectivity index (χ1v) is 11.6. The number of hydrogen-bond acceptors (Lipinski definition) is 6. The number of benzene rings is 2. The molecular weight excluding hydrogens is 412 g/mol. The lowest BCUT2D eigenvalue weighted by Crippen LogP contribution is -2.10. The van der Waals surface area contributed by atoms with Crippen LogP contribution in [0.4, 0.5) is 0 Å². The van der Waals surface area contributed by atoms with E-state index >= 15 is 0 Å². The second kappa shape index (κ2) is 8.89. The SMILES string of the molecule is N=C(N)c1ccc2nc(CCCCCCc3nc4ccc(C(=N)N)cc4s3)sc2c1. The number of nitrogens with zero attached hydrogens (tertiary/aromatic N) is 2. The molecule has 30 heavy (non-hydrogen) atoms. The third-order valence-corrected chi connectivity index (χ3v) is 7.17. The van der Waals surface area contributed by atoms with Crippen LogP contribution in [-0.4, -0.2) is 21.6 Å². The summed E-state index contributed by atoms with van der Waals surface area (Å²) in [5.41, 5.74) is 14.6. The highest BCUT2D eigenvalue weighted by molar-refractivity contribution is 7.18. The molecule has 0 saturated carbocycles. The van der Waals surface area contributed by atoms with Crippen LogP contribution in [0, 0.1) is 10.8 Å². The summed E-state index contributed by atoms with van der Waals surface area (Å²) in [6.45, 7) is 0. The van der Waals surface area contributed by atoms with Crippen LogP contribution < -0.4 is 11.5 Å². The summed E-state index contributed by atoms with van der Waals surface area (Å²) in [7, 11) is 0. The molecule has 0 amide bonds. The number of nitrogen functional groups attached to an aromatic ring is 2. The van der Waals surface area contributed by atoms with E-state index in [0.29, 0.717) is 0 Å². The number of fused-ring (bicyclic) bond motifs is 2. The molecule has 0 saturated heterocycles. The summed E-state index contributed by atoms with van der Waals surface area (Å²) in [6.07, 6.45) is 6.58. The van der Waals surface area contributed by atoms with Crippen LogP contribution in [0.15, 0.2) is 36.4 Å². The lowest BCUT2D eigenvalue weighted by Gasteiger charge is -1.98. The molecule has 6 N–H and O–H groups in total. The second-order valence-corrected chi connectivity index (χ2v) is 9.55. The maximum Gasteiger partial charge on any atom is 0.122 e. The van der Waals surface area contributed by atoms with Gasteiger partial charge in [-0.3, -0.25) is 10.8 Å². The molecule has 4 rings (SSSR count). The minimum absolute atomic E-state index is 0.0965. The van der Waals surface area contributed by atoms with Crippen molar-refractivity contribution in [1.29, 1.82) is 10.8 Å². The molecule has 0 bridgehead atoms. The van der Waals surface area contributed by atoms with Crippen LogP contribution in [0.3, 0.4) is 0 Å². The minimum atomic E-state index is 0.0965. The second-order valence-electron chi connectivity index (χ2n) is 7.32. The number of amidine groups is 2. The maximum atomic E-state index is 7.56. The number of aryl methyl sites for hydroxylation is 2. The van der Waals surface area contributed by atoms with Gasteiger partial charge in [0.15, 0.2) is 0 Å². The molecule has 0 aliphatic heterocycles. The van der Waals surface area contributed by atoms with Gasteiger partial charge in [0.25, 0.3) is 0 Å². The lowest BCUT2D eigenvalue weighted by molar-refractivity contribution is 0.639. The average molecular weight is 437 g/mol. The fourth-order valence-corrected chi connectivity index (χ4v) is 5.50. The van der Waals surface area contributed by atoms with E-state index < -0.39 is 0 Å². The zero-order valence-electron chi connectivity index (χ0n) is 16.6. The van der Waals surface area contributed by atoms with E-state index in [1.807, 2.05) is 36.4 Å². The molecule has 0 unspecified atom stereocenters. The topological polar surface area (TPSA) is 126 Å². The van der Waals surface area contributed by atoms with Gasteiger partial charge < -0.3 is 11.5 Å². The first-order valence-electron chi connectivity index (χ1n) is 9.97. The molecule has 2 aromatic heterocycles. The predicted molar refractivity (Wildman–Crippen MR) is 127 cm³/mol. The molecular formula is C22H24N6S2. The van der Waals surface area contributed by atoms with Crippen LogP contribution in [-0.2, 0) is 12.8 Å². The van der Waals surface area contributed by atoms with Crippen LogP contribution in [0.1, 0.15) is 46.8 Å². The van der Waals surface area contributed by atoms with Crippen molar-refractivity contribution in [2.75, 3.05) is 0 Å². The van der Waals surface area contributed by atoms with Gasteiger partial charge in [-0.15, -0.1) is 22.7 Å². The summed E-state index contributed by atoms with van der Waals surface area (Å²) in [5, 5.41) is 17.4. The monoisotopic (exact) mass is 436 g/mol. The molecule has 6 nitrogen and oxygen atoms in total. The number of thiazole rings is 2. The third-order valence-electron chi connectivity index (χ3n) is 5.02. The quantitative estimate of drug-likeness (QED) is 0.170. The van der Waals surface area contributed by atoms with Gasteiger partial charge in [0.05, 0.1) is 30.4 Å². The third kappa shape index (κ3) is 4.66. The first kappa shape index (κ1) is 20.4. The number of rotatable bonds is 9. The molecule has 0 radical (unpaired) electrons. The Balaban J connectivity index is 1.24. The number of hydrogen-bond donors (Lipinski definition) is 4. The van der Waals surface area contributed by atoms with Gasteiger partial charge in [0, 0.05) is 11.1 Å². The summed E-state index contributed by atoms with van der Waals surface area (Å²) >= 11 is 3.40. The van der Waals surface area contributed by atoms with E-state index in [2.05, 4.69) is 0 Å². The van der Waals surface area contributed by atoms with Crippen molar-refractivity contribution in [3.8, 4) is 0 Å². The number of nitrogens with one attached hydrogen (secondary N) is 2. The van der Waals surface area contributed by atoms with E-state index in [-0.39, 0.29) is 11.7 Å². The van der Waals surface area contributed by atoms with Crippen LogP contribution >= 0.6 is 22.7 Å². The highest BCUT2D eigenvalue weighted by Crippen LogP contribution is 2.26. The normalized spacial score (nSPS) is 11.3. The highest BCUT2D eigenvalue weighted by atomic mass is 32.1. The summed E-state index contributed by atoms with van der Waals surface area (Å²) in [5.74, 6) is 0.193. The predicted octanol–water partition coefficient (Wildman–Crippen LogP) is 4.82. The van der Waals surface area contributed by atoms with Crippen molar-refractivity contribution in [1.82, 2.24) is 9.97 Å². The van der Waals surface area contributed by atoms with Gasteiger partial charge in [-0.25, -0.2) is 9.97 Å². The molecule has 0 spiro atoms. The molecule has 4 aromatic rings. The van der Waals surface area contributed by atoms with Crippen LogP contribution in [0.5, 0.6) is 0 Å². The smallest absolute Gasteiger partial charge is 0.122 e. The molecule has 2 aromatic carbocycles. The van der Waals surface area contributed by atoms with Crippen molar-refractivity contribution >= 4 is 54.8 Å². The number of unbranched alkanes of at least 4 members (excludes halogenated alkanes) is 3. The van der Waals surface area contributed by atoms with Crippen molar-refractivity contribution in [2.45, 2.75) is 38.5 Å². The zero-order valence-corrected chi connectivity index (χ0v) is 18.2. The Bertz CT molecular complexity index is 1130. The number of nitrogens with two attached hydrogens (primary N) is 2. The fraction of sp³-hybridized carbons (Fsp3) is 0.273. The molecule has 154 valence electrons. The van der Waals surface area contributed by atoms with Crippen LogP contribution in [0.2, 0.25) is 0 Å². The fourth-order valence-electron chi connectivity index (χ4n) is 3.40. The lowest BCUT2D eigenvalue weighted by atomic mass is 10.1. The average Bonchev–Trinajstić information content (AvgIpc) is 3.32. The van der Waals surface area contributed by atoms with Crippen molar-refractivity contribution in [3.63, 3.8) is 0 Å². The van der Waals surface area contributed by atoms with Gasteiger partial charge in [0.1, 0.15) is 11.7 Å². The van der Waals surface area contributed by atoms with Gasteiger partial charge >= 0.3 is 0 Å². The van der Waals surface area contributed by atoms with Gasteiger partial charge in [-0.1, -0.05) is 12.8 Å². The van der Waals surface area contributed by atoms with E-state index in [4.69, 9.17) is 32.3 Å². The molecule has 0 aliphatic rings. The largest absolute Gasteiger partial charge is 0.384 e. The first-order chi connectivity index (χ1) is 14.5. The Labute approximate surface area is 183 Å². The van der Waals surface area contributed by atoms with Gasteiger partial charge in [-0.05, 0) is 62.1 Å². The molecule has 0 atom stereocenters. The zero-order chi connectivity index (χ0) is 21.1. The van der Waals surface area contributed by atoms with Crippen LogP contribution in [0.25, 0.3) is 20.4 Å².